The van der Waals surface area contributed by atoms with Crippen LogP contribution in [-0.4, -0.2) is 64.3 Å². The smallest absolute Gasteiger partial charge is 0.265 e. The first-order valence-electron chi connectivity index (χ1n) is 9.42. The molecule has 9 heteroatoms. The van der Waals surface area contributed by atoms with Gasteiger partial charge in [-0.3, -0.25) is 4.79 Å². The second-order valence-corrected chi connectivity index (χ2v) is 10.2. The summed E-state index contributed by atoms with van der Waals surface area (Å²) in [5, 5.41) is 3.08. The van der Waals surface area contributed by atoms with Crippen LogP contribution < -0.4 is 10.1 Å². The van der Waals surface area contributed by atoms with Crippen LogP contribution in [-0.2, 0) is 27.6 Å². The zero-order valence-electron chi connectivity index (χ0n) is 16.0. The van der Waals surface area contributed by atoms with Crippen molar-refractivity contribution >= 4 is 27.3 Å². The first-order chi connectivity index (χ1) is 13.0. The zero-order chi connectivity index (χ0) is 19.4. The second-order valence-electron chi connectivity index (χ2n) is 7.03. The highest BCUT2D eigenvalue weighted by Crippen LogP contribution is 2.39. The SMILES string of the molecule is COCCS(=O)(=O)N1CCC(NC(=O)c2sc3c(c2OC)CCCC3)CC1. The van der Waals surface area contributed by atoms with Gasteiger partial charge in [0, 0.05) is 36.7 Å². The van der Waals surface area contributed by atoms with Gasteiger partial charge in [0.05, 0.1) is 19.5 Å². The molecular formula is C18H28N2O5S2. The van der Waals surface area contributed by atoms with Crippen molar-refractivity contribution in [3.05, 3.63) is 15.3 Å². The average Bonchev–Trinajstić information content (AvgIpc) is 3.05. The van der Waals surface area contributed by atoms with E-state index in [0.717, 1.165) is 31.4 Å². The third-order valence-corrected chi connectivity index (χ3v) is 8.37. The van der Waals surface area contributed by atoms with Crippen molar-refractivity contribution in [1.29, 1.82) is 0 Å². The summed E-state index contributed by atoms with van der Waals surface area (Å²) >= 11 is 1.54. The van der Waals surface area contributed by atoms with Gasteiger partial charge < -0.3 is 14.8 Å². The molecule has 1 amide bonds. The van der Waals surface area contributed by atoms with Crippen LogP contribution in [0.4, 0.5) is 0 Å². The van der Waals surface area contributed by atoms with Gasteiger partial charge in [-0.05, 0) is 38.5 Å². The predicted octanol–water partition coefficient (Wildman–Crippen LogP) is 1.81. The van der Waals surface area contributed by atoms with E-state index < -0.39 is 10.0 Å². The lowest BCUT2D eigenvalue weighted by Gasteiger charge is -2.31. The van der Waals surface area contributed by atoms with E-state index in [2.05, 4.69) is 5.32 Å². The van der Waals surface area contributed by atoms with Crippen LogP contribution in [0, 0.1) is 0 Å². The van der Waals surface area contributed by atoms with Gasteiger partial charge in [0.2, 0.25) is 10.0 Å². The van der Waals surface area contributed by atoms with Crippen molar-refractivity contribution in [3.8, 4) is 5.75 Å². The largest absolute Gasteiger partial charge is 0.495 e. The molecule has 2 heterocycles. The summed E-state index contributed by atoms with van der Waals surface area (Å²) in [5.74, 6) is 0.622. The highest BCUT2D eigenvalue weighted by atomic mass is 32.2. The number of nitrogens with one attached hydrogen (secondary N) is 1. The Balaban J connectivity index is 1.60. The second kappa shape index (κ2) is 8.89. The van der Waals surface area contributed by atoms with E-state index in [1.54, 1.807) is 7.11 Å². The lowest BCUT2D eigenvalue weighted by Crippen LogP contribution is -2.47. The number of amides is 1. The minimum absolute atomic E-state index is 0.00151. The average molecular weight is 417 g/mol. The Labute approximate surface area is 165 Å². The van der Waals surface area contributed by atoms with Gasteiger partial charge in [-0.15, -0.1) is 11.3 Å². The number of piperidine rings is 1. The lowest BCUT2D eigenvalue weighted by atomic mass is 9.98. The summed E-state index contributed by atoms with van der Waals surface area (Å²) in [6.45, 7) is 1.05. The summed E-state index contributed by atoms with van der Waals surface area (Å²) in [5.41, 5.74) is 1.19. The number of hydrogen-bond donors (Lipinski definition) is 1. The van der Waals surface area contributed by atoms with Crippen LogP contribution in [0.25, 0.3) is 0 Å². The number of aryl methyl sites for hydroxylation is 1. The van der Waals surface area contributed by atoms with Crippen LogP contribution in [0.3, 0.4) is 0 Å². The fraction of sp³-hybridized carbons (Fsp3) is 0.722. The minimum atomic E-state index is -3.28. The van der Waals surface area contributed by atoms with Crippen LogP contribution in [0.5, 0.6) is 5.75 Å². The molecular weight excluding hydrogens is 388 g/mol. The normalized spacial score (nSPS) is 18.9. The number of methoxy groups -OCH3 is 2. The van der Waals surface area contributed by atoms with Gasteiger partial charge >= 0.3 is 0 Å². The molecule has 7 nitrogen and oxygen atoms in total. The van der Waals surface area contributed by atoms with Gasteiger partial charge in [0.25, 0.3) is 5.91 Å². The zero-order valence-corrected chi connectivity index (χ0v) is 17.6. The fourth-order valence-corrected chi connectivity index (χ4v) is 6.41. The maximum absolute atomic E-state index is 12.8. The molecule has 3 rings (SSSR count). The molecule has 1 aromatic heterocycles. The number of rotatable bonds is 7. The van der Waals surface area contributed by atoms with E-state index in [1.165, 1.54) is 33.2 Å². The summed E-state index contributed by atoms with van der Waals surface area (Å²) in [6.07, 6.45) is 5.52. The van der Waals surface area contributed by atoms with Crippen LogP contribution in [0.2, 0.25) is 0 Å². The van der Waals surface area contributed by atoms with E-state index in [0.29, 0.717) is 30.8 Å². The topological polar surface area (TPSA) is 84.9 Å². The molecule has 152 valence electrons. The monoisotopic (exact) mass is 416 g/mol. The summed E-state index contributed by atoms with van der Waals surface area (Å²) < 4.78 is 36.4. The van der Waals surface area contributed by atoms with E-state index >= 15 is 0 Å². The van der Waals surface area contributed by atoms with Gasteiger partial charge in [0.15, 0.2) is 0 Å². The Hall–Kier alpha value is -1.16. The van der Waals surface area contributed by atoms with E-state index in [4.69, 9.17) is 9.47 Å². The number of carbonyl (C=O) groups is 1. The maximum atomic E-state index is 12.8. The Bertz CT molecular complexity index is 767. The molecule has 0 aromatic carbocycles. The molecule has 27 heavy (non-hydrogen) atoms. The molecule has 1 fully saturated rings. The van der Waals surface area contributed by atoms with Crippen molar-refractivity contribution in [1.82, 2.24) is 9.62 Å². The predicted molar refractivity (Wildman–Crippen MR) is 105 cm³/mol. The Morgan fingerprint density at radius 1 is 1.22 bits per heavy atom. The highest BCUT2D eigenvalue weighted by Gasteiger charge is 2.30. The van der Waals surface area contributed by atoms with Crippen molar-refractivity contribution in [2.24, 2.45) is 0 Å². The standard InChI is InChI=1S/C18H28N2O5S2/c1-24-11-12-27(22,23)20-9-7-13(8-10-20)19-18(21)17-16(25-2)14-5-3-4-6-15(14)26-17/h13H,3-12H2,1-2H3,(H,19,21). The van der Waals surface area contributed by atoms with Crippen LogP contribution in [0.1, 0.15) is 45.8 Å². The first kappa shape index (κ1) is 20.6. The van der Waals surface area contributed by atoms with Crippen molar-refractivity contribution in [2.75, 3.05) is 39.7 Å². The number of carbonyl (C=O) groups excluding carboxylic acids is 1. The summed E-state index contributed by atoms with van der Waals surface area (Å²) in [6, 6.07) is -0.0183. The number of thiophene rings is 1. The van der Waals surface area contributed by atoms with Gasteiger partial charge in [0.1, 0.15) is 10.6 Å². The van der Waals surface area contributed by atoms with Crippen molar-refractivity contribution in [2.45, 2.75) is 44.6 Å². The molecule has 0 spiro atoms. The molecule has 1 aromatic rings. The van der Waals surface area contributed by atoms with E-state index in [1.807, 2.05) is 0 Å². The quantitative estimate of drug-likeness (QED) is 0.733. The number of fused-ring (bicyclic) bond motifs is 1. The number of hydrogen-bond acceptors (Lipinski definition) is 6. The molecule has 0 saturated carbocycles. The van der Waals surface area contributed by atoms with Crippen LogP contribution >= 0.6 is 11.3 Å². The van der Waals surface area contributed by atoms with Gasteiger partial charge in [-0.25, -0.2) is 12.7 Å². The third-order valence-electron chi connectivity index (χ3n) is 5.26. The molecule has 2 aliphatic rings. The summed E-state index contributed by atoms with van der Waals surface area (Å²) in [7, 11) is -0.169. The summed E-state index contributed by atoms with van der Waals surface area (Å²) in [4.78, 5) is 14.7. The van der Waals surface area contributed by atoms with Gasteiger partial charge in [-0.1, -0.05) is 0 Å². The van der Waals surface area contributed by atoms with Crippen LogP contribution in [0.15, 0.2) is 0 Å². The number of nitrogens with zero attached hydrogens (tertiary/aromatic N) is 1. The molecule has 1 N–H and O–H groups in total. The molecule has 1 saturated heterocycles. The number of ether oxygens (including phenoxy) is 2. The molecule has 0 bridgehead atoms. The Kier molecular flexibility index (Phi) is 6.78. The van der Waals surface area contributed by atoms with E-state index in [9.17, 15) is 13.2 Å². The molecule has 0 unspecified atom stereocenters. The Morgan fingerprint density at radius 3 is 2.59 bits per heavy atom. The third kappa shape index (κ3) is 4.64. The van der Waals surface area contributed by atoms with Crippen molar-refractivity contribution in [3.63, 3.8) is 0 Å². The fourth-order valence-electron chi connectivity index (χ4n) is 3.75. The molecule has 1 aliphatic carbocycles. The van der Waals surface area contributed by atoms with Gasteiger partial charge in [-0.2, -0.15) is 0 Å². The lowest BCUT2D eigenvalue weighted by molar-refractivity contribution is 0.0925. The highest BCUT2D eigenvalue weighted by molar-refractivity contribution is 7.89. The Morgan fingerprint density at radius 2 is 1.93 bits per heavy atom. The van der Waals surface area contributed by atoms with E-state index in [-0.39, 0.29) is 24.3 Å². The minimum Gasteiger partial charge on any atom is -0.495 e. The maximum Gasteiger partial charge on any atom is 0.265 e. The molecule has 0 radical (unpaired) electrons. The molecule has 1 aliphatic heterocycles. The van der Waals surface area contributed by atoms with Crippen molar-refractivity contribution < 1.29 is 22.7 Å². The first-order valence-corrected chi connectivity index (χ1v) is 11.8. The molecule has 0 atom stereocenters. The number of sulfonamides is 1.